The summed E-state index contributed by atoms with van der Waals surface area (Å²) in [6, 6.07) is 10.2. The Morgan fingerprint density at radius 1 is 1.21 bits per heavy atom. The van der Waals surface area contributed by atoms with Crippen molar-refractivity contribution in [2.75, 3.05) is 5.75 Å². The second-order valence-corrected chi connectivity index (χ2v) is 5.32. The molecule has 2 heterocycles. The van der Waals surface area contributed by atoms with Crippen LogP contribution in [0.15, 0.2) is 47.5 Å². The van der Waals surface area contributed by atoms with Crippen molar-refractivity contribution in [2.45, 2.75) is 18.9 Å². The molecule has 2 aromatic heterocycles. The first-order chi connectivity index (χ1) is 9.31. The molecule has 0 aliphatic heterocycles. The molecule has 4 heteroatoms. The molecule has 0 radical (unpaired) electrons. The fraction of sp³-hybridized carbons (Fsp3) is 0.200. The van der Waals surface area contributed by atoms with E-state index in [9.17, 15) is 0 Å². The fourth-order valence-electron chi connectivity index (χ4n) is 2.10. The molecular formula is C15H15N3S. The highest BCUT2D eigenvalue weighted by Gasteiger charge is 2.13. The van der Waals surface area contributed by atoms with E-state index in [4.69, 9.17) is 0 Å². The topological polar surface area (TPSA) is 30.2 Å². The van der Waals surface area contributed by atoms with Gasteiger partial charge in [-0.05, 0) is 26.0 Å². The minimum absolute atomic E-state index is 0.793. The monoisotopic (exact) mass is 269 g/mol. The summed E-state index contributed by atoms with van der Waals surface area (Å²) in [4.78, 5) is 9.14. The zero-order valence-corrected chi connectivity index (χ0v) is 11.8. The lowest BCUT2D eigenvalue weighted by Crippen LogP contribution is -1.85. The van der Waals surface area contributed by atoms with Gasteiger partial charge in [-0.1, -0.05) is 30.4 Å². The maximum atomic E-state index is 4.59. The van der Waals surface area contributed by atoms with E-state index in [1.807, 2.05) is 38.1 Å². The number of aromatic nitrogens is 3. The zero-order chi connectivity index (χ0) is 13.2. The van der Waals surface area contributed by atoms with E-state index in [1.165, 1.54) is 5.03 Å². The molecule has 3 aromatic rings. The molecule has 0 aliphatic rings. The van der Waals surface area contributed by atoms with Crippen molar-refractivity contribution in [3.8, 4) is 0 Å². The van der Waals surface area contributed by atoms with Crippen LogP contribution >= 0.6 is 11.8 Å². The van der Waals surface area contributed by atoms with Gasteiger partial charge in [0.15, 0.2) is 0 Å². The number of hydrogen-bond acceptors (Lipinski definition) is 3. The minimum atomic E-state index is 0.793. The highest BCUT2D eigenvalue weighted by Crippen LogP contribution is 2.27. The normalized spacial score (nSPS) is 11.9. The first kappa shape index (κ1) is 12.2. The maximum absolute atomic E-state index is 4.59. The third-order valence-electron chi connectivity index (χ3n) is 2.99. The van der Waals surface area contributed by atoms with Gasteiger partial charge in [-0.3, -0.25) is 4.40 Å². The van der Waals surface area contributed by atoms with Crippen molar-refractivity contribution >= 4 is 28.6 Å². The van der Waals surface area contributed by atoms with Crippen molar-refractivity contribution < 1.29 is 0 Å². The van der Waals surface area contributed by atoms with E-state index in [0.29, 0.717) is 0 Å². The minimum Gasteiger partial charge on any atom is -0.269 e. The molecule has 1 aromatic carbocycles. The van der Waals surface area contributed by atoms with Crippen LogP contribution < -0.4 is 0 Å². The predicted molar refractivity (Wildman–Crippen MR) is 80.8 cm³/mol. The Balaban J connectivity index is 2.22. The number of imidazole rings is 2. The Morgan fingerprint density at radius 2 is 2.05 bits per heavy atom. The average molecular weight is 269 g/mol. The van der Waals surface area contributed by atoms with E-state index in [2.05, 4.69) is 32.6 Å². The largest absolute Gasteiger partial charge is 0.269 e. The Labute approximate surface area is 116 Å². The van der Waals surface area contributed by atoms with Crippen LogP contribution in [0.1, 0.15) is 12.6 Å². The number of rotatable bonds is 3. The van der Waals surface area contributed by atoms with Crippen molar-refractivity contribution in [2.24, 2.45) is 0 Å². The van der Waals surface area contributed by atoms with Crippen molar-refractivity contribution in [3.63, 3.8) is 0 Å². The third kappa shape index (κ3) is 2.12. The number of allylic oxidation sites excluding steroid dienone is 1. The van der Waals surface area contributed by atoms with Gasteiger partial charge in [0.2, 0.25) is 5.78 Å². The van der Waals surface area contributed by atoms with Gasteiger partial charge < -0.3 is 0 Å². The summed E-state index contributed by atoms with van der Waals surface area (Å²) >= 11 is 1.80. The highest BCUT2D eigenvalue weighted by atomic mass is 32.2. The maximum Gasteiger partial charge on any atom is 0.236 e. The molecule has 19 heavy (non-hydrogen) atoms. The van der Waals surface area contributed by atoms with E-state index >= 15 is 0 Å². The van der Waals surface area contributed by atoms with Crippen molar-refractivity contribution in [1.82, 2.24) is 14.4 Å². The number of hydrogen-bond donors (Lipinski definition) is 0. The van der Waals surface area contributed by atoms with Gasteiger partial charge in [0, 0.05) is 5.75 Å². The van der Waals surface area contributed by atoms with Gasteiger partial charge in [0.1, 0.15) is 5.03 Å². The van der Waals surface area contributed by atoms with Gasteiger partial charge in [0.05, 0.1) is 16.7 Å². The molecular weight excluding hydrogens is 254 g/mol. The molecule has 0 N–H and O–H groups in total. The van der Waals surface area contributed by atoms with Crippen LogP contribution in [0.2, 0.25) is 0 Å². The van der Waals surface area contributed by atoms with E-state index in [0.717, 1.165) is 28.3 Å². The average Bonchev–Trinajstić information content (AvgIpc) is 2.76. The summed E-state index contributed by atoms with van der Waals surface area (Å²) in [5.41, 5.74) is 3.15. The van der Waals surface area contributed by atoms with E-state index < -0.39 is 0 Å². The van der Waals surface area contributed by atoms with E-state index in [-0.39, 0.29) is 0 Å². The predicted octanol–water partition coefficient (Wildman–Crippen LogP) is 3.86. The fourth-order valence-corrected chi connectivity index (χ4v) is 3.11. The summed E-state index contributed by atoms with van der Waals surface area (Å²) in [5, 5.41) is 1.18. The van der Waals surface area contributed by atoms with Gasteiger partial charge in [0.25, 0.3) is 0 Å². The molecule has 0 saturated carbocycles. The Kier molecular flexibility index (Phi) is 3.25. The number of aryl methyl sites for hydroxylation is 1. The summed E-state index contributed by atoms with van der Waals surface area (Å²) in [6.07, 6.45) is 4.23. The van der Waals surface area contributed by atoms with Gasteiger partial charge >= 0.3 is 0 Å². The molecule has 0 aliphatic carbocycles. The van der Waals surface area contributed by atoms with Crippen molar-refractivity contribution in [3.05, 3.63) is 48.2 Å². The molecule has 0 atom stereocenters. The first-order valence-corrected chi connectivity index (χ1v) is 7.27. The molecule has 3 nitrogen and oxygen atoms in total. The molecule has 0 unspecified atom stereocenters. The Bertz CT molecular complexity index is 759. The Morgan fingerprint density at radius 3 is 2.89 bits per heavy atom. The lowest BCUT2D eigenvalue weighted by atomic mass is 10.4. The Hall–Kier alpha value is -1.81. The van der Waals surface area contributed by atoms with Crippen LogP contribution in [0.5, 0.6) is 0 Å². The second-order valence-electron chi connectivity index (χ2n) is 4.31. The highest BCUT2D eigenvalue weighted by molar-refractivity contribution is 7.99. The third-order valence-corrected chi connectivity index (χ3v) is 4.10. The van der Waals surface area contributed by atoms with Crippen LogP contribution in [0.25, 0.3) is 16.8 Å². The summed E-state index contributed by atoms with van der Waals surface area (Å²) < 4.78 is 2.15. The SMILES string of the molecule is CC=CCSc1c(C)nc2nc3cccccc3n12. The van der Waals surface area contributed by atoms with Crippen LogP contribution in [0, 0.1) is 6.92 Å². The quantitative estimate of drug-likeness (QED) is 0.534. The molecule has 0 fully saturated rings. The number of thioether (sulfide) groups is 1. The smallest absolute Gasteiger partial charge is 0.236 e. The summed E-state index contributed by atoms with van der Waals surface area (Å²) in [6.45, 7) is 4.08. The summed E-state index contributed by atoms with van der Waals surface area (Å²) in [7, 11) is 0. The molecule has 96 valence electrons. The van der Waals surface area contributed by atoms with Gasteiger partial charge in [-0.15, -0.1) is 11.8 Å². The molecule has 0 spiro atoms. The van der Waals surface area contributed by atoms with Gasteiger partial charge in [-0.2, -0.15) is 0 Å². The molecule has 0 bridgehead atoms. The zero-order valence-electron chi connectivity index (χ0n) is 11.0. The molecule has 0 saturated heterocycles. The van der Waals surface area contributed by atoms with Crippen LogP contribution in [-0.2, 0) is 0 Å². The number of nitrogens with zero attached hydrogens (tertiary/aromatic N) is 3. The number of fused-ring (bicyclic) bond motifs is 3. The van der Waals surface area contributed by atoms with Crippen LogP contribution in [0.3, 0.4) is 0 Å². The van der Waals surface area contributed by atoms with E-state index in [1.54, 1.807) is 11.8 Å². The molecule has 3 rings (SSSR count). The van der Waals surface area contributed by atoms with Crippen LogP contribution in [-0.4, -0.2) is 20.1 Å². The standard InChI is InChI=1S/C15H15N3S/c1-3-4-10-19-14-11(2)16-15-17-12-8-6-5-7-9-13(12)18(14)15/h3-9H,10H2,1-2H3. The summed E-state index contributed by atoms with van der Waals surface area (Å²) in [5.74, 6) is 1.75. The lowest BCUT2D eigenvalue weighted by Gasteiger charge is -1.98. The second kappa shape index (κ2) is 5.05. The molecule has 0 amide bonds. The lowest BCUT2D eigenvalue weighted by molar-refractivity contribution is 1.07. The first-order valence-electron chi connectivity index (χ1n) is 6.29. The van der Waals surface area contributed by atoms with Crippen molar-refractivity contribution in [1.29, 1.82) is 0 Å². The van der Waals surface area contributed by atoms with Crippen LogP contribution in [0.4, 0.5) is 0 Å². The van der Waals surface area contributed by atoms with Gasteiger partial charge in [-0.25, -0.2) is 9.97 Å².